The van der Waals surface area contributed by atoms with E-state index in [1.807, 2.05) is 0 Å². The molecule has 0 aliphatic carbocycles. The quantitative estimate of drug-likeness (QED) is 0.0173. The minimum absolute atomic E-state index is 0.00549. The molecule has 2 rings (SSSR count). The maximum atomic E-state index is 14.2. The molecule has 0 aliphatic rings. The smallest absolute Gasteiger partial charge is 0.323 e. The zero-order valence-electron chi connectivity index (χ0n) is 46.5. The van der Waals surface area contributed by atoms with Crippen LogP contribution >= 0.6 is 0 Å². The lowest BCUT2D eigenvalue weighted by Crippen LogP contribution is -2.63. The van der Waals surface area contributed by atoms with Crippen molar-refractivity contribution in [1.82, 2.24) is 57.4 Å². The number of aromatic amines is 1. The van der Waals surface area contributed by atoms with E-state index in [1.165, 1.54) is 24.3 Å². The summed E-state index contributed by atoms with van der Waals surface area (Å²) in [5.41, 5.74) is 23.4. The van der Waals surface area contributed by atoms with Crippen LogP contribution in [-0.4, -0.2) is 188 Å². The molecule has 9 amide bonds. The first-order valence-corrected chi connectivity index (χ1v) is 26.5. The van der Waals surface area contributed by atoms with Crippen molar-refractivity contribution in [1.29, 1.82) is 0 Å². The van der Waals surface area contributed by atoms with Crippen molar-refractivity contribution in [2.45, 2.75) is 166 Å². The monoisotopic (exact) mass is 1130 g/mol. The number of hydrogen-bond acceptors (Lipinski definition) is 16. The molecule has 0 fully saturated rings. The molecular formula is C51H84N16O13. The normalized spacial score (nSPS) is 15.6. The minimum atomic E-state index is -1.84. The summed E-state index contributed by atoms with van der Waals surface area (Å²) in [6.45, 7) is 9.58. The van der Waals surface area contributed by atoms with Gasteiger partial charge >= 0.3 is 5.97 Å². The summed E-state index contributed by atoms with van der Waals surface area (Å²) >= 11 is 0. The Balaban J connectivity index is 2.29. The van der Waals surface area contributed by atoms with Gasteiger partial charge in [0.15, 0.2) is 5.96 Å². The highest BCUT2D eigenvalue weighted by molar-refractivity contribution is 5.98. The standard InChI is InChI=1S/C51H84N16O13/c1-8-27(3)40(50(80)67(25-39(71)72)28(4)9-2)64-45(75)35(18-13-19-52)61-38(70)24-58-48(78)41(30(6)68)66-49(79)42(31(7)69)65-47(77)37(22-33-23-56-26-59-33)63-46(76)36(21-32-15-11-10-12-16-32)62-43(73)29(5)60-44(74)34(53)17-14-20-57-51(54)55/h10-12,15-16,23,26-31,34-37,40-42,68-69H,8-9,13-14,17-22,24-25,52-53H2,1-7H3,(H,56,59)(H,58,78)(H,60,74)(H,61,70)(H,62,73)(H,63,76)(H,64,75)(H,65,77)(H,66,79)(H,71,72)(H4,54,55,57)/t27?,28?,29-,30+,31+,34-,35-,36+,37-,40-,41-,42-/m0/s1. The summed E-state index contributed by atoms with van der Waals surface area (Å²) in [4.78, 5) is 146. The number of carbonyl (C=O) groups excluding carboxylic acids is 9. The van der Waals surface area contributed by atoms with Gasteiger partial charge in [-0.3, -0.25) is 52.9 Å². The van der Waals surface area contributed by atoms with Gasteiger partial charge in [0.05, 0.1) is 31.1 Å². The van der Waals surface area contributed by atoms with Crippen LogP contribution in [0.25, 0.3) is 0 Å². The highest BCUT2D eigenvalue weighted by Gasteiger charge is 2.37. The van der Waals surface area contributed by atoms with Crippen LogP contribution in [0.5, 0.6) is 0 Å². The Bertz CT molecular complexity index is 2370. The number of nitrogens with one attached hydrogen (secondary N) is 9. The van der Waals surface area contributed by atoms with Gasteiger partial charge in [-0.15, -0.1) is 0 Å². The molecule has 80 heavy (non-hydrogen) atoms. The molecule has 0 saturated carbocycles. The predicted molar refractivity (Wildman–Crippen MR) is 293 cm³/mol. The second-order valence-electron chi connectivity index (χ2n) is 19.6. The van der Waals surface area contributed by atoms with Crippen molar-refractivity contribution >= 4 is 65.1 Å². The molecule has 12 atom stereocenters. The van der Waals surface area contributed by atoms with Crippen LogP contribution in [0.3, 0.4) is 0 Å². The number of benzene rings is 1. The van der Waals surface area contributed by atoms with E-state index in [0.717, 1.165) is 13.8 Å². The molecule has 1 heterocycles. The lowest BCUT2D eigenvalue weighted by Gasteiger charge is -2.34. The maximum absolute atomic E-state index is 14.2. The molecule has 0 radical (unpaired) electrons. The molecule has 1 aromatic heterocycles. The summed E-state index contributed by atoms with van der Waals surface area (Å²) in [6, 6.07) is -3.09. The molecule has 1 aromatic carbocycles. The zero-order chi connectivity index (χ0) is 60.2. The first kappa shape index (κ1) is 68.3. The lowest BCUT2D eigenvalue weighted by molar-refractivity contribution is -0.148. The van der Waals surface area contributed by atoms with Crippen molar-refractivity contribution in [2.75, 3.05) is 26.2 Å². The van der Waals surface area contributed by atoms with E-state index in [-0.39, 0.29) is 51.2 Å². The molecule has 29 nitrogen and oxygen atoms in total. The number of amides is 9. The third-order valence-corrected chi connectivity index (χ3v) is 13.0. The van der Waals surface area contributed by atoms with E-state index in [1.54, 1.807) is 58.0 Å². The van der Waals surface area contributed by atoms with Crippen LogP contribution in [0.2, 0.25) is 0 Å². The van der Waals surface area contributed by atoms with Gasteiger partial charge in [0, 0.05) is 37.3 Å². The first-order valence-electron chi connectivity index (χ1n) is 26.5. The number of aromatic nitrogens is 2. The Kier molecular flexibility index (Phi) is 29.9. The van der Waals surface area contributed by atoms with Gasteiger partial charge in [-0.25, -0.2) is 4.98 Å². The Morgan fingerprint density at radius 1 is 0.675 bits per heavy atom. The number of guanidine groups is 1. The number of H-pyrrole nitrogens is 1. The molecule has 20 N–H and O–H groups in total. The van der Waals surface area contributed by atoms with E-state index < -0.39 is 145 Å². The number of aliphatic hydroxyl groups excluding tert-OH is 2. The van der Waals surface area contributed by atoms with Crippen LogP contribution in [0, 0.1) is 5.92 Å². The summed E-state index contributed by atoms with van der Waals surface area (Å²) in [5.74, 6) is -9.71. The van der Waals surface area contributed by atoms with Crippen LogP contribution in [0.4, 0.5) is 0 Å². The molecule has 0 saturated heterocycles. The van der Waals surface area contributed by atoms with Crippen LogP contribution in [-0.2, 0) is 60.8 Å². The van der Waals surface area contributed by atoms with E-state index in [4.69, 9.17) is 22.9 Å². The topological polar surface area (TPSA) is 476 Å². The van der Waals surface area contributed by atoms with E-state index in [2.05, 4.69) is 57.5 Å². The highest BCUT2D eigenvalue weighted by atomic mass is 16.4. The molecule has 0 bridgehead atoms. The SMILES string of the molecule is CCC(C)[C@H](NC(=O)[C@H](CCCN)NC(=O)CNC(=O)[C@@H](NC(=O)[C@@H](NC(=O)[C@H](Cc1cnc[nH]1)NC(=O)[C@@H](Cc1ccccc1)NC(=O)[C@H](C)NC(=O)[C@@H](N)CCCN=C(N)N)[C@@H](C)O)[C@@H](C)O)C(=O)N(CC(=O)O)C(C)CC. The minimum Gasteiger partial charge on any atom is -0.480 e. The number of aliphatic carboxylic acids is 1. The number of carbonyl (C=O) groups is 10. The molecule has 29 heteroatoms. The lowest BCUT2D eigenvalue weighted by atomic mass is 9.96. The van der Waals surface area contributed by atoms with Gasteiger partial charge in [-0.05, 0) is 77.8 Å². The maximum Gasteiger partial charge on any atom is 0.323 e. The predicted octanol–water partition coefficient (Wildman–Crippen LogP) is -4.64. The molecule has 2 aromatic rings. The Morgan fingerprint density at radius 2 is 1.25 bits per heavy atom. The summed E-state index contributed by atoms with van der Waals surface area (Å²) < 4.78 is 0. The number of hydrogen-bond donors (Lipinski definition) is 16. The van der Waals surface area contributed by atoms with Crippen LogP contribution < -0.4 is 65.5 Å². The largest absolute Gasteiger partial charge is 0.480 e. The van der Waals surface area contributed by atoms with Gasteiger partial charge in [-0.2, -0.15) is 0 Å². The second-order valence-corrected chi connectivity index (χ2v) is 19.6. The molecule has 2 unspecified atom stereocenters. The molecular weight excluding hydrogens is 1040 g/mol. The number of nitrogens with two attached hydrogens (primary N) is 4. The van der Waals surface area contributed by atoms with Gasteiger partial charge in [0.1, 0.15) is 48.8 Å². The Morgan fingerprint density at radius 3 is 1.81 bits per heavy atom. The Hall–Kier alpha value is -7.76. The average molecular weight is 1130 g/mol. The van der Waals surface area contributed by atoms with Crippen molar-refractivity contribution in [3.8, 4) is 0 Å². The Labute approximate surface area is 465 Å². The van der Waals surface area contributed by atoms with Gasteiger partial charge in [0.25, 0.3) is 0 Å². The van der Waals surface area contributed by atoms with Crippen molar-refractivity contribution < 1.29 is 63.3 Å². The van der Waals surface area contributed by atoms with Crippen molar-refractivity contribution in [3.05, 3.63) is 54.1 Å². The van der Waals surface area contributed by atoms with Gasteiger partial charge in [0.2, 0.25) is 53.2 Å². The van der Waals surface area contributed by atoms with Crippen molar-refractivity contribution in [2.24, 2.45) is 33.8 Å². The summed E-state index contributed by atoms with van der Waals surface area (Å²) in [7, 11) is 0. The third-order valence-electron chi connectivity index (χ3n) is 13.0. The number of nitrogens with zero attached hydrogens (tertiary/aromatic N) is 3. The van der Waals surface area contributed by atoms with Crippen LogP contribution in [0.1, 0.15) is 98.2 Å². The van der Waals surface area contributed by atoms with E-state index in [9.17, 15) is 63.3 Å². The molecule has 0 spiro atoms. The number of carboxylic acid groups (broad SMARTS) is 1. The number of rotatable bonds is 36. The first-order chi connectivity index (χ1) is 37.7. The van der Waals surface area contributed by atoms with E-state index >= 15 is 0 Å². The average Bonchev–Trinajstić information content (AvgIpc) is 3.93. The fraction of sp³-hybridized carbons (Fsp3) is 0.608. The summed E-state index contributed by atoms with van der Waals surface area (Å²) in [5, 5.41) is 50.9. The van der Waals surface area contributed by atoms with Crippen molar-refractivity contribution in [3.63, 3.8) is 0 Å². The summed E-state index contributed by atoms with van der Waals surface area (Å²) in [6.07, 6.45) is 0.696. The second kappa shape index (κ2) is 35.0. The molecule has 446 valence electrons. The highest BCUT2D eigenvalue weighted by Crippen LogP contribution is 2.16. The zero-order valence-corrected chi connectivity index (χ0v) is 46.5. The number of imidazole rings is 1. The molecule has 0 aliphatic heterocycles. The van der Waals surface area contributed by atoms with E-state index in [0.29, 0.717) is 30.5 Å². The third kappa shape index (κ3) is 23.7. The fourth-order valence-corrected chi connectivity index (χ4v) is 7.84. The fourth-order valence-electron chi connectivity index (χ4n) is 7.84. The number of aliphatic imine (C=N–C) groups is 1. The number of aliphatic hydroxyl groups is 2. The number of carboxylic acids is 1. The van der Waals surface area contributed by atoms with Gasteiger partial charge in [-0.1, -0.05) is 57.5 Å². The van der Waals surface area contributed by atoms with Gasteiger partial charge < -0.3 is 90.7 Å². The van der Waals surface area contributed by atoms with Crippen LogP contribution in [0.15, 0.2) is 47.8 Å².